The van der Waals surface area contributed by atoms with Gasteiger partial charge >= 0.3 is 0 Å². The number of carbonyl (C=O) groups is 1. The number of aldehydes is 1. The first-order chi connectivity index (χ1) is 9.61. The van der Waals surface area contributed by atoms with Gasteiger partial charge in [0.25, 0.3) is 0 Å². The van der Waals surface area contributed by atoms with Crippen LogP contribution in [0.3, 0.4) is 0 Å². The Labute approximate surface area is 122 Å². The molecule has 0 saturated heterocycles. The quantitative estimate of drug-likeness (QED) is 0.663. The summed E-state index contributed by atoms with van der Waals surface area (Å²) in [7, 11) is 0. The number of aromatic nitrogens is 1. The molecule has 0 aliphatic heterocycles. The van der Waals surface area contributed by atoms with Crippen molar-refractivity contribution in [2.24, 2.45) is 0 Å². The third-order valence-electron chi connectivity index (χ3n) is 3.63. The molecular formula is C17H17NOS. The molecule has 0 fully saturated rings. The van der Waals surface area contributed by atoms with Crippen molar-refractivity contribution < 1.29 is 4.79 Å². The summed E-state index contributed by atoms with van der Waals surface area (Å²) in [6.45, 7) is 6.42. The number of nitrogens with one attached hydrogen (secondary N) is 1. The molecule has 1 N–H and O–H groups in total. The molecule has 0 aliphatic carbocycles. The standard InChI is InChI=1S/C17H17NOS/c1-10(2)12-5-4-6-13-14(9-19)17(18-16(12)13)15-8-7-11(3)20-15/h4-10,18H,1-3H3. The molecular weight excluding hydrogens is 266 g/mol. The van der Waals surface area contributed by atoms with Gasteiger partial charge in [-0.3, -0.25) is 4.79 Å². The third-order valence-corrected chi connectivity index (χ3v) is 4.65. The number of carbonyl (C=O) groups excluding carboxylic acids is 1. The van der Waals surface area contributed by atoms with Crippen LogP contribution in [0.4, 0.5) is 0 Å². The second-order valence-corrected chi connectivity index (χ2v) is 6.65. The lowest BCUT2D eigenvalue weighted by molar-refractivity contribution is 0.112. The molecule has 0 bridgehead atoms. The molecule has 0 amide bonds. The number of para-hydroxylation sites is 1. The van der Waals surface area contributed by atoms with E-state index in [0.717, 1.165) is 33.3 Å². The summed E-state index contributed by atoms with van der Waals surface area (Å²) in [5.74, 6) is 0.426. The van der Waals surface area contributed by atoms with Gasteiger partial charge in [0.05, 0.1) is 16.1 Å². The van der Waals surface area contributed by atoms with Crippen molar-refractivity contribution in [3.8, 4) is 10.6 Å². The summed E-state index contributed by atoms with van der Waals surface area (Å²) in [5, 5.41) is 1.02. The minimum Gasteiger partial charge on any atom is -0.353 e. The highest BCUT2D eigenvalue weighted by atomic mass is 32.1. The van der Waals surface area contributed by atoms with Crippen LogP contribution in [0.1, 0.15) is 40.6 Å². The molecule has 3 heteroatoms. The number of benzene rings is 1. The van der Waals surface area contributed by atoms with Gasteiger partial charge < -0.3 is 4.98 Å². The molecule has 102 valence electrons. The molecule has 3 aromatic rings. The van der Waals surface area contributed by atoms with Gasteiger partial charge in [0.1, 0.15) is 0 Å². The van der Waals surface area contributed by atoms with Gasteiger partial charge in [-0.25, -0.2) is 0 Å². The zero-order valence-corrected chi connectivity index (χ0v) is 12.7. The minimum atomic E-state index is 0.426. The van der Waals surface area contributed by atoms with E-state index in [1.165, 1.54) is 10.4 Å². The van der Waals surface area contributed by atoms with Crippen molar-refractivity contribution in [1.82, 2.24) is 4.98 Å². The highest BCUT2D eigenvalue weighted by molar-refractivity contribution is 7.15. The van der Waals surface area contributed by atoms with Crippen LogP contribution in [-0.4, -0.2) is 11.3 Å². The smallest absolute Gasteiger partial charge is 0.152 e. The Bertz CT molecular complexity index is 779. The number of H-pyrrole nitrogens is 1. The van der Waals surface area contributed by atoms with Gasteiger partial charge in [0, 0.05) is 15.8 Å². The van der Waals surface area contributed by atoms with Gasteiger partial charge in [0.15, 0.2) is 6.29 Å². The first-order valence-electron chi connectivity index (χ1n) is 6.78. The first-order valence-corrected chi connectivity index (χ1v) is 7.60. The van der Waals surface area contributed by atoms with E-state index in [1.54, 1.807) is 11.3 Å². The zero-order chi connectivity index (χ0) is 14.3. The van der Waals surface area contributed by atoms with Crippen LogP contribution in [0, 0.1) is 6.92 Å². The number of aryl methyl sites for hydroxylation is 1. The molecule has 0 spiro atoms. The minimum absolute atomic E-state index is 0.426. The van der Waals surface area contributed by atoms with E-state index in [2.05, 4.69) is 44.0 Å². The van der Waals surface area contributed by atoms with Crippen LogP contribution < -0.4 is 0 Å². The molecule has 0 unspecified atom stereocenters. The summed E-state index contributed by atoms with van der Waals surface area (Å²) in [6.07, 6.45) is 0.966. The fourth-order valence-electron chi connectivity index (χ4n) is 2.63. The van der Waals surface area contributed by atoms with Crippen molar-refractivity contribution in [2.45, 2.75) is 26.7 Å². The van der Waals surface area contributed by atoms with E-state index < -0.39 is 0 Å². The molecule has 0 radical (unpaired) electrons. The topological polar surface area (TPSA) is 32.9 Å². The number of hydrogen-bond donors (Lipinski definition) is 1. The number of rotatable bonds is 3. The summed E-state index contributed by atoms with van der Waals surface area (Å²) in [4.78, 5) is 17.4. The van der Waals surface area contributed by atoms with Gasteiger partial charge in [-0.05, 0) is 30.5 Å². The molecule has 0 atom stereocenters. The molecule has 2 heterocycles. The van der Waals surface area contributed by atoms with E-state index >= 15 is 0 Å². The summed E-state index contributed by atoms with van der Waals surface area (Å²) in [6, 6.07) is 10.3. The number of hydrogen-bond acceptors (Lipinski definition) is 2. The van der Waals surface area contributed by atoms with Crippen molar-refractivity contribution in [2.75, 3.05) is 0 Å². The number of fused-ring (bicyclic) bond motifs is 1. The maximum Gasteiger partial charge on any atom is 0.152 e. The lowest BCUT2D eigenvalue weighted by Gasteiger charge is -2.06. The van der Waals surface area contributed by atoms with Crippen molar-refractivity contribution in [3.63, 3.8) is 0 Å². The van der Waals surface area contributed by atoms with Crippen LogP contribution in [0.25, 0.3) is 21.5 Å². The van der Waals surface area contributed by atoms with Crippen molar-refractivity contribution in [3.05, 3.63) is 46.3 Å². The Balaban J connectivity index is 2.33. The van der Waals surface area contributed by atoms with E-state index in [0.29, 0.717) is 5.92 Å². The van der Waals surface area contributed by atoms with E-state index in [1.807, 2.05) is 12.1 Å². The fourth-order valence-corrected chi connectivity index (χ4v) is 3.51. The van der Waals surface area contributed by atoms with E-state index in [4.69, 9.17) is 0 Å². The van der Waals surface area contributed by atoms with Crippen molar-refractivity contribution in [1.29, 1.82) is 0 Å². The second kappa shape index (κ2) is 4.91. The molecule has 0 saturated carbocycles. The molecule has 2 nitrogen and oxygen atoms in total. The van der Waals surface area contributed by atoms with Crippen LogP contribution >= 0.6 is 11.3 Å². The SMILES string of the molecule is Cc1ccc(-c2[nH]c3c(C(C)C)cccc3c2C=O)s1. The maximum atomic E-state index is 11.5. The Hall–Kier alpha value is -1.87. The summed E-state index contributed by atoms with van der Waals surface area (Å²) in [5.41, 5.74) is 4.06. The van der Waals surface area contributed by atoms with Crippen LogP contribution in [0.15, 0.2) is 30.3 Å². The number of aromatic amines is 1. The van der Waals surface area contributed by atoms with Crippen molar-refractivity contribution >= 4 is 28.5 Å². The Morgan fingerprint density at radius 1 is 1.20 bits per heavy atom. The molecule has 2 aromatic heterocycles. The Morgan fingerprint density at radius 2 is 2.00 bits per heavy atom. The molecule has 3 rings (SSSR count). The zero-order valence-electron chi connectivity index (χ0n) is 11.9. The van der Waals surface area contributed by atoms with Crippen LogP contribution in [0.5, 0.6) is 0 Å². The predicted octanol–water partition coefficient (Wildman–Crippen LogP) is 5.14. The average Bonchev–Trinajstić information content (AvgIpc) is 3.00. The van der Waals surface area contributed by atoms with E-state index in [-0.39, 0.29) is 0 Å². The summed E-state index contributed by atoms with van der Waals surface area (Å²) < 4.78 is 0. The highest BCUT2D eigenvalue weighted by Gasteiger charge is 2.16. The third kappa shape index (κ3) is 1.98. The largest absolute Gasteiger partial charge is 0.353 e. The fraction of sp³-hybridized carbons (Fsp3) is 0.235. The number of thiophene rings is 1. The highest BCUT2D eigenvalue weighted by Crippen LogP contribution is 2.35. The van der Waals surface area contributed by atoms with Gasteiger partial charge in [-0.15, -0.1) is 11.3 Å². The van der Waals surface area contributed by atoms with E-state index in [9.17, 15) is 4.79 Å². The molecule has 20 heavy (non-hydrogen) atoms. The molecule has 1 aromatic carbocycles. The first kappa shape index (κ1) is 13.1. The van der Waals surface area contributed by atoms with Crippen LogP contribution in [0.2, 0.25) is 0 Å². The lowest BCUT2D eigenvalue weighted by atomic mass is 10.00. The lowest BCUT2D eigenvalue weighted by Crippen LogP contribution is -1.88. The summed E-state index contributed by atoms with van der Waals surface area (Å²) >= 11 is 1.71. The molecule has 0 aliphatic rings. The van der Waals surface area contributed by atoms with Crippen LogP contribution in [-0.2, 0) is 0 Å². The van der Waals surface area contributed by atoms with Gasteiger partial charge in [-0.2, -0.15) is 0 Å². The van der Waals surface area contributed by atoms with Gasteiger partial charge in [0.2, 0.25) is 0 Å². The second-order valence-electron chi connectivity index (χ2n) is 5.37. The van der Waals surface area contributed by atoms with Gasteiger partial charge in [-0.1, -0.05) is 32.0 Å². The monoisotopic (exact) mass is 283 g/mol. The maximum absolute atomic E-state index is 11.5. The average molecular weight is 283 g/mol. The Morgan fingerprint density at radius 3 is 2.60 bits per heavy atom. The predicted molar refractivity (Wildman–Crippen MR) is 85.8 cm³/mol. The normalized spacial score (nSPS) is 11.4. The Kier molecular flexibility index (Phi) is 3.22.